The first-order valence-electron chi connectivity index (χ1n) is 10.7. The molecule has 162 valence electrons. The summed E-state index contributed by atoms with van der Waals surface area (Å²) < 4.78 is 6.04. The lowest BCUT2D eigenvalue weighted by Gasteiger charge is -2.27. The van der Waals surface area contributed by atoms with Crippen LogP contribution in [0.15, 0.2) is 28.7 Å². The third kappa shape index (κ3) is 5.33. The fraction of sp³-hybridized carbons (Fsp3) is 0.500. The summed E-state index contributed by atoms with van der Waals surface area (Å²) in [5.74, 6) is 0.382. The van der Waals surface area contributed by atoms with Crippen LogP contribution in [0.4, 0.5) is 5.00 Å². The van der Waals surface area contributed by atoms with E-state index in [1.165, 1.54) is 37.7 Å². The summed E-state index contributed by atoms with van der Waals surface area (Å²) in [6.45, 7) is 4.20. The van der Waals surface area contributed by atoms with Crippen molar-refractivity contribution in [3.05, 3.63) is 39.2 Å². The molecule has 0 bridgehead atoms. The molecule has 0 radical (unpaired) electrons. The number of unbranched alkanes of at least 4 members (excludes halogenated alkanes) is 1. The first-order valence-corrected chi connectivity index (χ1v) is 12.3. The number of esters is 1. The molecule has 4 nitrogen and oxygen atoms in total. The van der Waals surface area contributed by atoms with Crippen LogP contribution in [0.2, 0.25) is 0 Å². The van der Waals surface area contributed by atoms with Gasteiger partial charge in [-0.05, 0) is 56.2 Å². The maximum atomic E-state index is 13.0. The molecule has 1 aromatic heterocycles. The van der Waals surface area contributed by atoms with E-state index in [1.54, 1.807) is 0 Å². The van der Waals surface area contributed by atoms with Gasteiger partial charge in [0.05, 0.1) is 7.11 Å². The monoisotopic (exact) mass is 491 g/mol. The molecule has 0 atom stereocenters. The van der Waals surface area contributed by atoms with E-state index >= 15 is 0 Å². The van der Waals surface area contributed by atoms with E-state index in [9.17, 15) is 9.59 Å². The largest absolute Gasteiger partial charge is 0.465 e. The number of benzene rings is 1. The number of thiophene rings is 1. The fourth-order valence-corrected chi connectivity index (χ4v) is 5.65. The van der Waals surface area contributed by atoms with Crippen molar-refractivity contribution in [3.63, 3.8) is 0 Å². The normalized spacial score (nSPS) is 18.8. The number of halogens is 1. The molecule has 3 rings (SSSR count). The van der Waals surface area contributed by atoms with Crippen LogP contribution in [-0.2, 0) is 9.53 Å². The number of ether oxygens (including phenoxy) is 1. The van der Waals surface area contributed by atoms with Crippen LogP contribution >= 0.6 is 27.3 Å². The van der Waals surface area contributed by atoms with E-state index in [-0.39, 0.29) is 11.8 Å². The third-order valence-electron chi connectivity index (χ3n) is 6.03. The summed E-state index contributed by atoms with van der Waals surface area (Å²) in [5.41, 5.74) is 2.22. The van der Waals surface area contributed by atoms with Crippen LogP contribution in [0.1, 0.15) is 67.1 Å². The molecule has 30 heavy (non-hydrogen) atoms. The highest BCUT2D eigenvalue weighted by molar-refractivity contribution is 9.10. The minimum Gasteiger partial charge on any atom is -0.465 e. The minimum absolute atomic E-state index is 0.0203. The van der Waals surface area contributed by atoms with E-state index < -0.39 is 5.97 Å². The molecule has 1 fully saturated rings. The van der Waals surface area contributed by atoms with Gasteiger partial charge in [0.1, 0.15) is 10.6 Å². The predicted octanol–water partition coefficient (Wildman–Crippen LogP) is 7.21. The number of carbonyl (C=O) groups excluding carboxylic acids is 2. The zero-order valence-electron chi connectivity index (χ0n) is 17.9. The first kappa shape index (κ1) is 23.0. The second kappa shape index (κ2) is 10.6. The molecule has 0 saturated heterocycles. The number of rotatable bonds is 7. The maximum absolute atomic E-state index is 13.0. The van der Waals surface area contributed by atoms with Gasteiger partial charge in [-0.25, -0.2) is 4.79 Å². The standard InChI is InChI=1S/C24H30BrNO3S/c1-4-5-6-16-7-9-18(10-8-16)22(27)26-23-21(24(28)29-3)20(15(2)30-23)17-11-13-19(25)14-12-17/h11-14,16,18H,4-10H2,1-3H3,(H,26,27). The van der Waals surface area contributed by atoms with Gasteiger partial charge in [0.15, 0.2) is 0 Å². The lowest BCUT2D eigenvalue weighted by atomic mass is 9.79. The van der Waals surface area contributed by atoms with Gasteiger partial charge in [0.25, 0.3) is 0 Å². The second-order valence-electron chi connectivity index (χ2n) is 8.08. The van der Waals surface area contributed by atoms with E-state index in [4.69, 9.17) is 4.74 Å². The average Bonchev–Trinajstić information content (AvgIpc) is 3.08. The van der Waals surface area contributed by atoms with Gasteiger partial charge in [0, 0.05) is 20.8 Å². The molecule has 1 aromatic carbocycles. The van der Waals surface area contributed by atoms with Crippen LogP contribution in [0.25, 0.3) is 11.1 Å². The average molecular weight is 492 g/mol. The Hall–Kier alpha value is -1.66. The Balaban J connectivity index is 1.79. The molecule has 2 aromatic rings. The first-order chi connectivity index (χ1) is 14.4. The molecule has 1 aliphatic rings. The molecule has 1 heterocycles. The van der Waals surface area contributed by atoms with Crippen molar-refractivity contribution in [1.29, 1.82) is 0 Å². The van der Waals surface area contributed by atoms with Crippen LogP contribution in [0.3, 0.4) is 0 Å². The Labute approximate surface area is 191 Å². The van der Waals surface area contributed by atoms with Gasteiger partial charge in [0.2, 0.25) is 5.91 Å². The number of methoxy groups -OCH3 is 1. The molecule has 1 saturated carbocycles. The van der Waals surface area contributed by atoms with Gasteiger partial charge in [-0.15, -0.1) is 11.3 Å². The SMILES string of the molecule is CCCCC1CCC(C(=O)Nc2sc(C)c(-c3ccc(Br)cc3)c2C(=O)OC)CC1. The number of hydrogen-bond donors (Lipinski definition) is 1. The molecule has 6 heteroatoms. The fourth-order valence-electron chi connectivity index (χ4n) is 4.31. The van der Waals surface area contributed by atoms with Crippen molar-refractivity contribution in [3.8, 4) is 11.1 Å². The Morgan fingerprint density at radius 3 is 2.43 bits per heavy atom. The van der Waals surface area contributed by atoms with Gasteiger partial charge in [-0.2, -0.15) is 0 Å². The van der Waals surface area contributed by atoms with Gasteiger partial charge >= 0.3 is 5.97 Å². The highest BCUT2D eigenvalue weighted by Crippen LogP contribution is 2.41. The van der Waals surface area contributed by atoms with Crippen molar-refractivity contribution >= 4 is 44.1 Å². The summed E-state index contributed by atoms with van der Waals surface area (Å²) in [6, 6.07) is 7.83. The molecule has 0 aliphatic heterocycles. The molecular formula is C24H30BrNO3S. The number of nitrogens with one attached hydrogen (secondary N) is 1. The molecule has 1 amide bonds. The van der Waals surface area contributed by atoms with E-state index in [0.29, 0.717) is 10.6 Å². The lowest BCUT2D eigenvalue weighted by Crippen LogP contribution is -2.27. The molecule has 1 aliphatic carbocycles. The Morgan fingerprint density at radius 2 is 1.83 bits per heavy atom. The number of hydrogen-bond acceptors (Lipinski definition) is 4. The summed E-state index contributed by atoms with van der Waals surface area (Å²) in [4.78, 5) is 26.6. The van der Waals surface area contributed by atoms with E-state index in [2.05, 4.69) is 28.2 Å². The molecule has 0 spiro atoms. The number of anilines is 1. The maximum Gasteiger partial charge on any atom is 0.341 e. The smallest absolute Gasteiger partial charge is 0.341 e. The van der Waals surface area contributed by atoms with Crippen molar-refractivity contribution in [2.45, 2.75) is 58.8 Å². The van der Waals surface area contributed by atoms with E-state index in [1.807, 2.05) is 31.2 Å². The lowest BCUT2D eigenvalue weighted by molar-refractivity contribution is -0.121. The van der Waals surface area contributed by atoms with Crippen LogP contribution in [-0.4, -0.2) is 19.0 Å². The third-order valence-corrected chi connectivity index (χ3v) is 7.58. The van der Waals surface area contributed by atoms with Crippen molar-refractivity contribution < 1.29 is 14.3 Å². The highest BCUT2D eigenvalue weighted by Gasteiger charge is 2.29. The number of aryl methyl sites for hydroxylation is 1. The predicted molar refractivity (Wildman–Crippen MR) is 127 cm³/mol. The Bertz CT molecular complexity index is 883. The van der Waals surface area contributed by atoms with Crippen LogP contribution in [0.5, 0.6) is 0 Å². The van der Waals surface area contributed by atoms with Gasteiger partial charge in [-0.1, -0.05) is 54.2 Å². The Morgan fingerprint density at radius 1 is 1.17 bits per heavy atom. The topological polar surface area (TPSA) is 55.4 Å². The molecular weight excluding hydrogens is 462 g/mol. The van der Waals surface area contributed by atoms with Crippen LogP contribution < -0.4 is 5.32 Å². The van der Waals surface area contributed by atoms with Crippen molar-refractivity contribution in [2.24, 2.45) is 11.8 Å². The summed E-state index contributed by atoms with van der Waals surface area (Å²) in [6.07, 6.45) is 7.88. The Kier molecular flexibility index (Phi) is 8.12. The second-order valence-corrected chi connectivity index (χ2v) is 10.2. The zero-order chi connectivity index (χ0) is 21.7. The quantitative estimate of drug-likeness (QED) is 0.416. The summed E-state index contributed by atoms with van der Waals surface area (Å²) in [5, 5.41) is 3.66. The summed E-state index contributed by atoms with van der Waals surface area (Å²) in [7, 11) is 1.38. The number of amides is 1. The van der Waals surface area contributed by atoms with Gasteiger partial charge in [-0.3, -0.25) is 4.79 Å². The number of carbonyl (C=O) groups is 2. The highest BCUT2D eigenvalue weighted by atomic mass is 79.9. The summed E-state index contributed by atoms with van der Waals surface area (Å²) >= 11 is 4.89. The van der Waals surface area contributed by atoms with Crippen molar-refractivity contribution in [2.75, 3.05) is 12.4 Å². The minimum atomic E-state index is -0.421. The van der Waals surface area contributed by atoms with E-state index in [0.717, 1.165) is 52.1 Å². The van der Waals surface area contributed by atoms with Crippen molar-refractivity contribution in [1.82, 2.24) is 0 Å². The molecule has 1 N–H and O–H groups in total. The molecule has 0 unspecified atom stereocenters. The van der Waals surface area contributed by atoms with Crippen LogP contribution in [0, 0.1) is 18.8 Å². The zero-order valence-corrected chi connectivity index (χ0v) is 20.3. The van der Waals surface area contributed by atoms with Gasteiger partial charge < -0.3 is 10.1 Å².